The third-order valence-corrected chi connectivity index (χ3v) is 4.61. The summed E-state index contributed by atoms with van der Waals surface area (Å²) in [7, 11) is 0. The van der Waals surface area contributed by atoms with Gasteiger partial charge in [0.2, 0.25) is 0 Å². The molecule has 3 N–H and O–H groups in total. The number of halogens is 1. The molecule has 28 heavy (non-hydrogen) atoms. The summed E-state index contributed by atoms with van der Waals surface area (Å²) in [5.74, 6) is -1.89. The van der Waals surface area contributed by atoms with Crippen molar-refractivity contribution in [3.63, 3.8) is 0 Å². The zero-order chi connectivity index (χ0) is 20.1. The highest BCUT2D eigenvalue weighted by Crippen LogP contribution is 2.18. The van der Waals surface area contributed by atoms with E-state index < -0.39 is 11.9 Å². The minimum Gasteiger partial charge on any atom is -0.478 e. The number of amides is 2. The van der Waals surface area contributed by atoms with Crippen molar-refractivity contribution in [1.29, 1.82) is 0 Å². The quantitative estimate of drug-likeness (QED) is 0.463. The second-order valence-electron chi connectivity index (χ2n) is 5.85. The fraction of sp³-hybridized carbons (Fsp3) is 0. The van der Waals surface area contributed by atoms with Crippen LogP contribution in [0, 0.1) is 3.57 Å². The maximum atomic E-state index is 12.5. The van der Waals surface area contributed by atoms with Gasteiger partial charge in [0, 0.05) is 20.4 Å². The Morgan fingerprint density at radius 1 is 0.750 bits per heavy atom. The molecule has 0 atom stereocenters. The average molecular weight is 486 g/mol. The molecule has 0 saturated carbocycles. The summed E-state index contributed by atoms with van der Waals surface area (Å²) in [6, 6.07) is 19.7. The largest absolute Gasteiger partial charge is 0.478 e. The molecular weight excluding hydrogens is 471 g/mol. The van der Waals surface area contributed by atoms with Crippen LogP contribution in [0.4, 0.5) is 11.4 Å². The zero-order valence-corrected chi connectivity index (χ0v) is 16.6. The third-order valence-electron chi connectivity index (χ3n) is 3.89. The smallest absolute Gasteiger partial charge is 0.337 e. The number of carbonyl (C=O) groups is 3. The fourth-order valence-corrected chi connectivity index (χ4v) is 2.88. The molecule has 0 saturated heterocycles. The van der Waals surface area contributed by atoms with E-state index in [1.54, 1.807) is 42.5 Å². The number of anilines is 2. The predicted molar refractivity (Wildman–Crippen MR) is 115 cm³/mol. The van der Waals surface area contributed by atoms with Gasteiger partial charge in [-0.15, -0.1) is 0 Å². The maximum Gasteiger partial charge on any atom is 0.337 e. The molecule has 3 rings (SSSR count). The highest BCUT2D eigenvalue weighted by atomic mass is 127. The number of carboxylic acids is 1. The van der Waals surface area contributed by atoms with Gasteiger partial charge < -0.3 is 15.7 Å². The number of para-hydroxylation sites is 1. The molecule has 0 spiro atoms. The monoisotopic (exact) mass is 486 g/mol. The normalized spacial score (nSPS) is 10.2. The number of carbonyl (C=O) groups excluding carboxylic acids is 2. The molecule has 140 valence electrons. The summed E-state index contributed by atoms with van der Waals surface area (Å²) in [4.78, 5) is 36.1. The summed E-state index contributed by atoms with van der Waals surface area (Å²) < 4.78 is 1.02. The molecule has 0 aliphatic heterocycles. The van der Waals surface area contributed by atoms with Crippen LogP contribution in [0.1, 0.15) is 31.1 Å². The molecule has 2 amide bonds. The summed E-state index contributed by atoms with van der Waals surface area (Å²) in [5, 5.41) is 14.6. The summed E-state index contributed by atoms with van der Waals surface area (Å²) >= 11 is 2.16. The predicted octanol–water partition coefficient (Wildman–Crippen LogP) is 4.49. The Hall–Kier alpha value is -3.20. The fourth-order valence-electron chi connectivity index (χ4n) is 2.52. The first-order chi connectivity index (χ1) is 13.4. The van der Waals surface area contributed by atoms with Crippen LogP contribution in [0.3, 0.4) is 0 Å². The first kappa shape index (κ1) is 19.6. The van der Waals surface area contributed by atoms with Gasteiger partial charge in [0.15, 0.2) is 0 Å². The molecule has 0 radical (unpaired) electrons. The number of rotatable bonds is 5. The Bertz CT molecular complexity index is 1050. The molecule has 7 heteroatoms. The van der Waals surface area contributed by atoms with Crippen LogP contribution in [0.5, 0.6) is 0 Å². The van der Waals surface area contributed by atoms with Gasteiger partial charge in [0.1, 0.15) is 0 Å². The van der Waals surface area contributed by atoms with Gasteiger partial charge in [-0.2, -0.15) is 0 Å². The van der Waals surface area contributed by atoms with E-state index in [2.05, 4.69) is 33.2 Å². The molecule has 0 aliphatic carbocycles. The summed E-state index contributed by atoms with van der Waals surface area (Å²) in [6.07, 6.45) is 0. The average Bonchev–Trinajstić information content (AvgIpc) is 2.69. The highest BCUT2D eigenvalue weighted by Gasteiger charge is 2.14. The standard InChI is InChI=1S/C21H15IN2O4/c22-15-10-8-13(9-11-15)19(25)23-16-5-3-4-14(12-16)20(26)24-18-7-2-1-6-17(18)21(27)28/h1-12H,(H,23,25)(H,24,26)(H,27,28). The third kappa shape index (κ3) is 4.74. The Labute approximate surface area is 174 Å². The second-order valence-corrected chi connectivity index (χ2v) is 7.09. The van der Waals surface area contributed by atoms with E-state index in [0.29, 0.717) is 16.8 Å². The Morgan fingerprint density at radius 2 is 1.43 bits per heavy atom. The van der Waals surface area contributed by atoms with Crippen LogP contribution in [0.2, 0.25) is 0 Å². The Kier molecular flexibility index (Phi) is 6.05. The highest BCUT2D eigenvalue weighted by molar-refractivity contribution is 14.1. The molecule has 0 unspecified atom stereocenters. The Balaban J connectivity index is 1.76. The molecule has 0 bridgehead atoms. The number of aromatic carboxylic acids is 1. The number of nitrogens with one attached hydrogen (secondary N) is 2. The first-order valence-corrected chi connectivity index (χ1v) is 9.32. The van der Waals surface area contributed by atoms with E-state index in [4.69, 9.17) is 0 Å². The second kappa shape index (κ2) is 8.66. The number of hydrogen-bond donors (Lipinski definition) is 3. The van der Waals surface area contributed by atoms with Crippen molar-refractivity contribution in [2.24, 2.45) is 0 Å². The molecule has 3 aromatic rings. The van der Waals surface area contributed by atoms with Gasteiger partial charge in [0.05, 0.1) is 11.3 Å². The van der Waals surface area contributed by atoms with Gasteiger partial charge in [0.25, 0.3) is 11.8 Å². The van der Waals surface area contributed by atoms with Crippen molar-refractivity contribution >= 4 is 51.7 Å². The van der Waals surface area contributed by atoms with E-state index in [-0.39, 0.29) is 17.2 Å². The van der Waals surface area contributed by atoms with Crippen LogP contribution in [0.15, 0.2) is 72.8 Å². The number of benzene rings is 3. The lowest BCUT2D eigenvalue weighted by Crippen LogP contribution is -2.16. The number of carboxylic acid groups (broad SMARTS) is 1. The minimum atomic E-state index is -1.13. The first-order valence-electron chi connectivity index (χ1n) is 8.25. The number of hydrogen-bond acceptors (Lipinski definition) is 3. The van der Waals surface area contributed by atoms with Crippen molar-refractivity contribution in [3.05, 3.63) is 93.1 Å². The Morgan fingerprint density at radius 3 is 2.14 bits per heavy atom. The van der Waals surface area contributed by atoms with E-state index in [0.717, 1.165) is 3.57 Å². The molecule has 6 nitrogen and oxygen atoms in total. The van der Waals surface area contributed by atoms with Crippen molar-refractivity contribution < 1.29 is 19.5 Å². The lowest BCUT2D eigenvalue weighted by Gasteiger charge is -2.10. The van der Waals surface area contributed by atoms with Crippen LogP contribution in [0.25, 0.3) is 0 Å². The molecule has 0 aromatic heterocycles. The maximum absolute atomic E-state index is 12.5. The van der Waals surface area contributed by atoms with Gasteiger partial charge in [-0.05, 0) is 77.2 Å². The topological polar surface area (TPSA) is 95.5 Å². The van der Waals surface area contributed by atoms with Crippen LogP contribution in [-0.4, -0.2) is 22.9 Å². The van der Waals surface area contributed by atoms with Gasteiger partial charge >= 0.3 is 5.97 Å². The lowest BCUT2D eigenvalue weighted by molar-refractivity contribution is 0.0697. The van der Waals surface area contributed by atoms with Crippen LogP contribution < -0.4 is 10.6 Å². The summed E-state index contributed by atoms with van der Waals surface area (Å²) in [5.41, 5.74) is 1.46. The van der Waals surface area contributed by atoms with Crippen molar-refractivity contribution in [3.8, 4) is 0 Å². The van der Waals surface area contributed by atoms with Crippen molar-refractivity contribution in [2.45, 2.75) is 0 Å². The zero-order valence-electron chi connectivity index (χ0n) is 14.5. The molecule has 0 heterocycles. The molecule has 0 fully saturated rings. The van der Waals surface area contributed by atoms with E-state index in [1.165, 1.54) is 18.2 Å². The van der Waals surface area contributed by atoms with E-state index in [9.17, 15) is 19.5 Å². The molecule has 3 aromatic carbocycles. The SMILES string of the molecule is O=C(Nc1cccc(C(=O)Nc2ccccc2C(=O)O)c1)c1ccc(I)cc1. The molecular formula is C21H15IN2O4. The van der Waals surface area contributed by atoms with Crippen molar-refractivity contribution in [2.75, 3.05) is 10.6 Å². The van der Waals surface area contributed by atoms with Crippen molar-refractivity contribution in [1.82, 2.24) is 0 Å². The van der Waals surface area contributed by atoms with E-state index >= 15 is 0 Å². The van der Waals surface area contributed by atoms with Gasteiger partial charge in [-0.25, -0.2) is 4.79 Å². The van der Waals surface area contributed by atoms with Crippen LogP contribution >= 0.6 is 22.6 Å². The van der Waals surface area contributed by atoms with E-state index in [1.807, 2.05) is 12.1 Å². The van der Waals surface area contributed by atoms with Gasteiger partial charge in [-0.1, -0.05) is 18.2 Å². The molecule has 0 aliphatic rings. The summed E-state index contributed by atoms with van der Waals surface area (Å²) in [6.45, 7) is 0. The minimum absolute atomic E-state index is 0.000910. The van der Waals surface area contributed by atoms with Gasteiger partial charge in [-0.3, -0.25) is 9.59 Å². The lowest BCUT2D eigenvalue weighted by atomic mass is 10.1. The van der Waals surface area contributed by atoms with Crippen LogP contribution in [-0.2, 0) is 0 Å².